The third kappa shape index (κ3) is 3.91. The van der Waals surface area contributed by atoms with Crippen molar-refractivity contribution in [3.05, 3.63) is 65.7 Å². The van der Waals surface area contributed by atoms with Crippen LogP contribution < -0.4 is 0 Å². The molecule has 158 valence electrons. The van der Waals surface area contributed by atoms with Crippen molar-refractivity contribution in [2.45, 2.75) is 18.9 Å². The minimum atomic E-state index is -2.62. The highest BCUT2D eigenvalue weighted by Gasteiger charge is 2.37. The first-order valence-electron chi connectivity index (χ1n) is 10.2. The number of aromatic nitrogens is 4. The van der Waals surface area contributed by atoms with Crippen molar-refractivity contribution in [2.75, 3.05) is 19.6 Å². The van der Waals surface area contributed by atoms with E-state index in [0.717, 1.165) is 11.1 Å². The molecule has 1 aliphatic rings. The minimum absolute atomic E-state index is 0.103. The van der Waals surface area contributed by atoms with E-state index in [2.05, 4.69) is 10.2 Å². The molecule has 1 fully saturated rings. The van der Waals surface area contributed by atoms with Crippen molar-refractivity contribution in [3.63, 3.8) is 0 Å². The molecule has 0 saturated carbocycles. The monoisotopic (exact) mass is 439 g/mol. The molecule has 0 atom stereocenters. The van der Waals surface area contributed by atoms with Crippen molar-refractivity contribution >= 4 is 22.6 Å². The van der Waals surface area contributed by atoms with E-state index in [1.807, 2.05) is 60.7 Å². The summed E-state index contributed by atoms with van der Waals surface area (Å²) in [6, 6.07) is 19.4. The van der Waals surface area contributed by atoms with Gasteiger partial charge >= 0.3 is 0 Å². The molecule has 0 aliphatic carbocycles. The molecule has 31 heavy (non-hydrogen) atoms. The highest BCUT2D eigenvalue weighted by atomic mass is 35.5. The number of likely N-dealkylation sites (tertiary alicyclic amines) is 1. The van der Waals surface area contributed by atoms with Crippen molar-refractivity contribution < 1.29 is 8.78 Å². The molecule has 0 radical (unpaired) electrons. The molecule has 3 heterocycles. The molecular weight excluding hydrogens is 420 g/mol. The first-order chi connectivity index (χ1) is 15.0. The van der Waals surface area contributed by atoms with Gasteiger partial charge in [-0.25, -0.2) is 13.5 Å². The van der Waals surface area contributed by atoms with E-state index in [-0.39, 0.29) is 13.0 Å². The van der Waals surface area contributed by atoms with Crippen molar-refractivity contribution in [2.24, 2.45) is 0 Å². The summed E-state index contributed by atoms with van der Waals surface area (Å²) >= 11 is 6.84. The predicted molar refractivity (Wildman–Crippen MR) is 117 cm³/mol. The average Bonchev–Trinajstić information content (AvgIpc) is 3.34. The van der Waals surface area contributed by atoms with Crippen LogP contribution in [0.25, 0.3) is 33.5 Å². The van der Waals surface area contributed by atoms with Gasteiger partial charge in [-0.3, -0.25) is 4.90 Å². The molecule has 0 spiro atoms. The van der Waals surface area contributed by atoms with Crippen LogP contribution in [0.15, 0.2) is 60.7 Å². The Morgan fingerprint density at radius 3 is 2.13 bits per heavy atom. The number of alkyl halides is 2. The van der Waals surface area contributed by atoms with E-state index < -0.39 is 5.92 Å². The lowest BCUT2D eigenvalue weighted by atomic mass is 10.1. The van der Waals surface area contributed by atoms with Gasteiger partial charge in [0, 0.05) is 30.6 Å². The van der Waals surface area contributed by atoms with Crippen LogP contribution in [-0.2, 0) is 6.54 Å². The molecule has 0 amide bonds. The van der Waals surface area contributed by atoms with E-state index in [1.54, 1.807) is 9.58 Å². The van der Waals surface area contributed by atoms with Crippen LogP contribution in [0.4, 0.5) is 8.78 Å². The summed E-state index contributed by atoms with van der Waals surface area (Å²) in [4.78, 5) is 1.75. The van der Waals surface area contributed by atoms with Crippen LogP contribution in [0.1, 0.15) is 6.42 Å². The molecule has 2 aromatic carbocycles. The van der Waals surface area contributed by atoms with Gasteiger partial charge in [-0.1, -0.05) is 72.3 Å². The number of hydrogen-bond acceptors (Lipinski definition) is 4. The fourth-order valence-corrected chi connectivity index (χ4v) is 4.31. The molecular formula is C23H20ClF2N5. The first-order valence-corrected chi connectivity index (χ1v) is 10.5. The van der Waals surface area contributed by atoms with Crippen LogP contribution in [0.3, 0.4) is 0 Å². The summed E-state index contributed by atoms with van der Waals surface area (Å²) in [5.41, 5.74) is 3.63. The Labute approximate surface area is 183 Å². The maximum Gasteiger partial charge on any atom is 0.261 e. The highest BCUT2D eigenvalue weighted by Crippen LogP contribution is 2.37. The van der Waals surface area contributed by atoms with Gasteiger partial charge in [-0.15, -0.1) is 10.2 Å². The maximum atomic E-state index is 13.6. The second kappa shape index (κ2) is 7.98. The molecule has 0 bridgehead atoms. The number of hydrogen-bond donors (Lipinski definition) is 0. The van der Waals surface area contributed by atoms with Gasteiger partial charge in [0.2, 0.25) is 0 Å². The Kier molecular flexibility index (Phi) is 5.16. The molecule has 4 aromatic rings. The number of fused-ring (bicyclic) bond motifs is 1. The Hall–Kier alpha value is -2.90. The van der Waals surface area contributed by atoms with Crippen molar-refractivity contribution in [1.82, 2.24) is 24.9 Å². The zero-order valence-electron chi connectivity index (χ0n) is 16.7. The fourth-order valence-electron chi connectivity index (χ4n) is 3.98. The normalized spacial score (nSPS) is 16.2. The largest absolute Gasteiger partial charge is 0.295 e. The smallest absolute Gasteiger partial charge is 0.261 e. The van der Waals surface area contributed by atoms with Gasteiger partial charge in [-0.2, -0.15) is 5.10 Å². The molecule has 8 heteroatoms. The van der Waals surface area contributed by atoms with Gasteiger partial charge < -0.3 is 0 Å². The molecule has 2 aromatic heterocycles. The number of halogens is 3. The number of benzene rings is 2. The fraction of sp³-hybridized carbons (Fsp3) is 0.261. The highest BCUT2D eigenvalue weighted by molar-refractivity contribution is 6.38. The van der Waals surface area contributed by atoms with E-state index >= 15 is 0 Å². The Bertz CT molecular complexity index is 1210. The number of rotatable bonds is 5. The lowest BCUT2D eigenvalue weighted by molar-refractivity contribution is 0.0119. The van der Waals surface area contributed by atoms with Crippen LogP contribution in [-0.4, -0.2) is 50.4 Å². The Morgan fingerprint density at radius 2 is 1.52 bits per heavy atom. The van der Waals surface area contributed by atoms with Gasteiger partial charge in [0.25, 0.3) is 5.92 Å². The minimum Gasteiger partial charge on any atom is -0.295 e. The summed E-state index contributed by atoms with van der Waals surface area (Å²) in [6.07, 6.45) is -0.103. The van der Waals surface area contributed by atoms with Crippen LogP contribution in [0, 0.1) is 0 Å². The molecule has 0 unspecified atom stereocenters. The van der Waals surface area contributed by atoms with Gasteiger partial charge in [0.1, 0.15) is 11.4 Å². The second-order valence-corrected chi connectivity index (χ2v) is 8.13. The lowest BCUT2D eigenvalue weighted by Crippen LogP contribution is -2.28. The van der Waals surface area contributed by atoms with E-state index in [0.29, 0.717) is 47.1 Å². The van der Waals surface area contributed by atoms with Crippen LogP contribution >= 0.6 is 11.6 Å². The molecule has 0 N–H and O–H groups in total. The van der Waals surface area contributed by atoms with E-state index in [9.17, 15) is 8.78 Å². The summed E-state index contributed by atoms with van der Waals surface area (Å²) in [5.74, 6) is -2.62. The van der Waals surface area contributed by atoms with E-state index in [1.165, 1.54) is 0 Å². The third-order valence-corrected chi connectivity index (χ3v) is 5.94. The van der Waals surface area contributed by atoms with Crippen molar-refractivity contribution in [3.8, 4) is 22.5 Å². The summed E-state index contributed by atoms with van der Waals surface area (Å²) in [6.45, 7) is 1.04. The third-order valence-electron chi connectivity index (χ3n) is 5.57. The zero-order chi connectivity index (χ0) is 21.4. The molecule has 5 rings (SSSR count). The van der Waals surface area contributed by atoms with Gasteiger partial charge in [0.15, 0.2) is 5.65 Å². The summed E-state index contributed by atoms with van der Waals surface area (Å²) < 4.78 is 28.8. The van der Waals surface area contributed by atoms with Gasteiger partial charge in [-0.05, 0) is 0 Å². The summed E-state index contributed by atoms with van der Waals surface area (Å²) in [7, 11) is 0. The topological polar surface area (TPSA) is 46.8 Å². The Balaban J connectivity index is 1.58. The lowest BCUT2D eigenvalue weighted by Gasteiger charge is -2.15. The van der Waals surface area contributed by atoms with E-state index in [4.69, 9.17) is 16.7 Å². The SMILES string of the molecule is FC1(F)CCN(CCn2nc(-c3ccccc3)c3c(Cl)c(-c4ccccc4)nnc32)C1. The molecule has 1 saturated heterocycles. The molecule has 1 aliphatic heterocycles. The predicted octanol–water partition coefficient (Wildman–Crippen LogP) is 5.15. The van der Waals surface area contributed by atoms with Crippen LogP contribution in [0.5, 0.6) is 0 Å². The first kappa shape index (κ1) is 20.0. The maximum absolute atomic E-state index is 13.6. The standard InChI is InChI=1S/C23H20ClF2N5/c24-19-18-20(16-7-3-1-4-8-16)29-31(14-13-30-12-11-23(25,26)15-30)22(18)28-27-21(19)17-9-5-2-6-10-17/h1-10H,11-15H2. The Morgan fingerprint density at radius 1 is 0.871 bits per heavy atom. The van der Waals surface area contributed by atoms with Gasteiger partial charge in [0.05, 0.1) is 23.5 Å². The quantitative estimate of drug-likeness (QED) is 0.431. The average molecular weight is 440 g/mol. The summed E-state index contributed by atoms with van der Waals surface area (Å²) in [5, 5.41) is 14.8. The van der Waals surface area contributed by atoms with Crippen LogP contribution in [0.2, 0.25) is 5.02 Å². The van der Waals surface area contributed by atoms with Crippen molar-refractivity contribution in [1.29, 1.82) is 0 Å². The zero-order valence-corrected chi connectivity index (χ0v) is 17.4. The second-order valence-electron chi connectivity index (χ2n) is 7.75. The molecule has 5 nitrogen and oxygen atoms in total. The number of nitrogens with zero attached hydrogens (tertiary/aromatic N) is 5.